The van der Waals surface area contributed by atoms with Gasteiger partial charge in [0.2, 0.25) is 0 Å². The van der Waals surface area contributed by atoms with Gasteiger partial charge < -0.3 is 19.8 Å². The Labute approximate surface area is 151 Å². The van der Waals surface area contributed by atoms with Crippen LogP contribution in [0.15, 0.2) is 47.2 Å². The van der Waals surface area contributed by atoms with Crippen molar-refractivity contribution in [3.05, 3.63) is 59.7 Å². The fourth-order valence-electron chi connectivity index (χ4n) is 2.90. The second-order valence-electron chi connectivity index (χ2n) is 6.22. The van der Waals surface area contributed by atoms with E-state index in [1.807, 2.05) is 35.9 Å². The maximum atomic E-state index is 12.6. The Morgan fingerprint density at radius 1 is 1.35 bits per heavy atom. The van der Waals surface area contributed by atoms with Crippen LogP contribution in [0.3, 0.4) is 0 Å². The second-order valence-corrected chi connectivity index (χ2v) is 6.22. The Hall–Kier alpha value is -3.22. The van der Waals surface area contributed by atoms with Crippen LogP contribution in [0.1, 0.15) is 28.1 Å². The number of ether oxygens (including phenoxy) is 1. The van der Waals surface area contributed by atoms with E-state index in [9.17, 15) is 4.79 Å². The lowest BCUT2D eigenvalue weighted by Gasteiger charge is -2.17. The summed E-state index contributed by atoms with van der Waals surface area (Å²) in [5.74, 6) is 1.81. The number of hydrogen-bond donors (Lipinski definition) is 2. The van der Waals surface area contributed by atoms with Gasteiger partial charge in [-0.05, 0) is 31.5 Å². The zero-order valence-electron chi connectivity index (χ0n) is 14.5. The van der Waals surface area contributed by atoms with E-state index in [2.05, 4.69) is 15.7 Å². The quantitative estimate of drug-likeness (QED) is 0.735. The van der Waals surface area contributed by atoms with Crippen LogP contribution in [0.5, 0.6) is 5.75 Å². The highest BCUT2D eigenvalue weighted by molar-refractivity contribution is 6.06. The number of furan rings is 1. The minimum atomic E-state index is -0.246. The molecule has 1 aliphatic heterocycles. The molecule has 0 radical (unpaired) electrons. The predicted octanol–water partition coefficient (Wildman–Crippen LogP) is 3.43. The van der Waals surface area contributed by atoms with Gasteiger partial charge in [0.25, 0.3) is 5.91 Å². The first kappa shape index (κ1) is 16.3. The van der Waals surface area contributed by atoms with Gasteiger partial charge in [-0.1, -0.05) is 17.7 Å². The average molecular weight is 352 g/mol. The van der Waals surface area contributed by atoms with Crippen molar-refractivity contribution < 1.29 is 13.9 Å². The van der Waals surface area contributed by atoms with Crippen LogP contribution in [-0.2, 0) is 13.2 Å². The van der Waals surface area contributed by atoms with Crippen molar-refractivity contribution in [2.45, 2.75) is 26.5 Å². The minimum Gasteiger partial charge on any atom is -0.486 e. The third kappa shape index (κ3) is 3.28. The Morgan fingerprint density at radius 2 is 2.19 bits per heavy atom. The van der Waals surface area contributed by atoms with Crippen molar-refractivity contribution in [3.8, 4) is 5.75 Å². The molecule has 0 bridgehead atoms. The molecule has 134 valence electrons. The summed E-state index contributed by atoms with van der Waals surface area (Å²) in [6, 6.07) is 9.38. The number of nitrogens with zero attached hydrogens (tertiary/aromatic N) is 2. The number of benzene rings is 1. The van der Waals surface area contributed by atoms with Crippen molar-refractivity contribution in [1.82, 2.24) is 9.78 Å². The normalized spacial score (nSPS) is 13.0. The van der Waals surface area contributed by atoms with Gasteiger partial charge in [0, 0.05) is 13.1 Å². The highest BCUT2D eigenvalue weighted by Gasteiger charge is 2.20. The van der Waals surface area contributed by atoms with Gasteiger partial charge in [-0.15, -0.1) is 0 Å². The molecule has 0 aliphatic carbocycles. The number of hydrogen-bond acceptors (Lipinski definition) is 5. The molecule has 1 aromatic carbocycles. The lowest BCUT2D eigenvalue weighted by atomic mass is 10.2. The van der Waals surface area contributed by atoms with Crippen LogP contribution < -0.4 is 15.4 Å². The summed E-state index contributed by atoms with van der Waals surface area (Å²) in [4.78, 5) is 12.6. The summed E-state index contributed by atoms with van der Waals surface area (Å²) in [5.41, 5.74) is 2.28. The molecule has 3 aromatic rings. The number of rotatable bonds is 5. The number of fused-ring (bicyclic) bond motifs is 1. The van der Waals surface area contributed by atoms with Gasteiger partial charge in [-0.25, -0.2) is 4.68 Å². The van der Waals surface area contributed by atoms with Gasteiger partial charge in [-0.2, -0.15) is 5.10 Å². The third-order valence-corrected chi connectivity index (χ3v) is 4.31. The van der Waals surface area contributed by atoms with Crippen LogP contribution >= 0.6 is 0 Å². The predicted molar refractivity (Wildman–Crippen MR) is 97.5 cm³/mol. The number of nitrogens with one attached hydrogen (secondary N) is 2. The van der Waals surface area contributed by atoms with Gasteiger partial charge in [-0.3, -0.25) is 4.79 Å². The number of amides is 1. The number of aromatic nitrogens is 2. The topological polar surface area (TPSA) is 81.3 Å². The summed E-state index contributed by atoms with van der Waals surface area (Å²) >= 11 is 0. The molecule has 0 atom stereocenters. The van der Waals surface area contributed by atoms with E-state index in [0.29, 0.717) is 17.0 Å². The molecule has 7 heteroatoms. The smallest absolute Gasteiger partial charge is 0.259 e. The van der Waals surface area contributed by atoms with Crippen molar-refractivity contribution in [2.24, 2.45) is 0 Å². The lowest BCUT2D eigenvalue weighted by Crippen LogP contribution is -2.20. The van der Waals surface area contributed by atoms with Gasteiger partial charge >= 0.3 is 0 Å². The maximum absolute atomic E-state index is 12.6. The molecule has 2 aromatic heterocycles. The SMILES string of the molecule is Cc1ccc(OCc2occc2C(=O)Nc2cnn3c2NCCC3)cc1. The molecule has 0 unspecified atom stereocenters. The van der Waals surface area contributed by atoms with Gasteiger partial charge in [0.1, 0.15) is 23.9 Å². The van der Waals surface area contributed by atoms with E-state index in [-0.39, 0.29) is 12.5 Å². The van der Waals surface area contributed by atoms with Gasteiger partial charge in [0.05, 0.1) is 18.0 Å². The van der Waals surface area contributed by atoms with Crippen LogP contribution in [0, 0.1) is 6.92 Å². The Morgan fingerprint density at radius 3 is 3.04 bits per heavy atom. The summed E-state index contributed by atoms with van der Waals surface area (Å²) in [5, 5.41) is 10.5. The zero-order chi connectivity index (χ0) is 17.9. The van der Waals surface area contributed by atoms with Crippen LogP contribution in [0.2, 0.25) is 0 Å². The first-order valence-electron chi connectivity index (χ1n) is 8.57. The lowest BCUT2D eigenvalue weighted by molar-refractivity contribution is 0.102. The van der Waals surface area contributed by atoms with E-state index in [1.54, 1.807) is 12.3 Å². The first-order chi connectivity index (χ1) is 12.7. The zero-order valence-corrected chi connectivity index (χ0v) is 14.5. The standard InChI is InChI=1S/C19H20N4O3/c1-13-3-5-14(6-4-13)26-12-17-15(7-10-25-17)19(24)22-16-11-21-23-9-2-8-20-18(16)23/h3-7,10-11,20H,2,8-9,12H2,1H3,(H,22,24). The Bertz CT molecular complexity index is 911. The molecule has 26 heavy (non-hydrogen) atoms. The number of aryl methyl sites for hydroxylation is 2. The Kier molecular flexibility index (Phi) is 4.35. The number of carbonyl (C=O) groups is 1. The van der Waals surface area contributed by atoms with E-state index < -0.39 is 0 Å². The molecular formula is C19H20N4O3. The van der Waals surface area contributed by atoms with Gasteiger partial charge in [0.15, 0.2) is 5.76 Å². The van der Waals surface area contributed by atoms with E-state index in [0.717, 1.165) is 36.6 Å². The molecular weight excluding hydrogens is 332 g/mol. The monoisotopic (exact) mass is 352 g/mol. The maximum Gasteiger partial charge on any atom is 0.259 e. The molecule has 7 nitrogen and oxygen atoms in total. The van der Waals surface area contributed by atoms with Crippen molar-refractivity contribution >= 4 is 17.4 Å². The first-order valence-corrected chi connectivity index (χ1v) is 8.57. The van der Waals surface area contributed by atoms with Crippen LogP contribution in [-0.4, -0.2) is 22.2 Å². The molecule has 2 N–H and O–H groups in total. The summed E-state index contributed by atoms with van der Waals surface area (Å²) in [6.07, 6.45) is 4.17. The third-order valence-electron chi connectivity index (χ3n) is 4.31. The van der Waals surface area contributed by atoms with Crippen molar-refractivity contribution in [2.75, 3.05) is 17.2 Å². The number of carbonyl (C=O) groups excluding carboxylic acids is 1. The molecule has 0 spiro atoms. The summed E-state index contributed by atoms with van der Waals surface area (Å²) < 4.78 is 13.0. The fraction of sp³-hybridized carbons (Fsp3) is 0.263. The highest BCUT2D eigenvalue weighted by Crippen LogP contribution is 2.25. The van der Waals surface area contributed by atoms with Crippen LogP contribution in [0.4, 0.5) is 11.5 Å². The Balaban J connectivity index is 1.45. The summed E-state index contributed by atoms with van der Waals surface area (Å²) in [7, 11) is 0. The minimum absolute atomic E-state index is 0.184. The van der Waals surface area contributed by atoms with Crippen LogP contribution in [0.25, 0.3) is 0 Å². The second kappa shape index (κ2) is 6.95. The molecule has 3 heterocycles. The largest absolute Gasteiger partial charge is 0.486 e. The van der Waals surface area contributed by atoms with E-state index >= 15 is 0 Å². The van der Waals surface area contributed by atoms with Crippen molar-refractivity contribution in [1.29, 1.82) is 0 Å². The molecule has 1 aliphatic rings. The molecule has 0 saturated carbocycles. The molecule has 4 rings (SSSR count). The number of anilines is 2. The van der Waals surface area contributed by atoms with Crippen molar-refractivity contribution in [3.63, 3.8) is 0 Å². The van der Waals surface area contributed by atoms with E-state index in [1.165, 1.54) is 6.26 Å². The van der Waals surface area contributed by atoms with E-state index in [4.69, 9.17) is 9.15 Å². The highest BCUT2D eigenvalue weighted by atomic mass is 16.5. The fourth-order valence-corrected chi connectivity index (χ4v) is 2.90. The summed E-state index contributed by atoms with van der Waals surface area (Å²) in [6.45, 7) is 3.92. The molecule has 0 fully saturated rings. The molecule has 0 saturated heterocycles. The molecule has 1 amide bonds. The average Bonchev–Trinajstić information content (AvgIpc) is 3.29.